The quantitative estimate of drug-likeness (QED) is 0.447. The molecule has 0 saturated heterocycles. The summed E-state index contributed by atoms with van der Waals surface area (Å²) in [6, 6.07) is 15.0. The third kappa shape index (κ3) is 5.60. The van der Waals surface area contributed by atoms with E-state index in [1.807, 2.05) is 45.0 Å². The average molecular weight is 538 g/mol. The Morgan fingerprint density at radius 3 is 2.45 bits per heavy atom. The molecule has 1 aliphatic rings. The number of amides is 1. The molecule has 2 aromatic carbocycles. The van der Waals surface area contributed by atoms with Crippen molar-refractivity contribution in [3.8, 4) is 5.88 Å². The van der Waals surface area contributed by atoms with Gasteiger partial charge in [0.25, 0.3) is 5.91 Å². The van der Waals surface area contributed by atoms with Gasteiger partial charge in [0.2, 0.25) is 15.9 Å². The van der Waals surface area contributed by atoms with Crippen LogP contribution >= 0.6 is 0 Å². The molecule has 2 N–H and O–H groups in total. The molecule has 0 bridgehead atoms. The molecular weight excluding hydrogens is 502 g/mol. The van der Waals surface area contributed by atoms with Crippen LogP contribution in [-0.2, 0) is 23.0 Å². The van der Waals surface area contributed by atoms with E-state index in [4.69, 9.17) is 4.74 Å². The number of hydrogen-bond acceptors (Lipinski definition) is 6. The Morgan fingerprint density at radius 1 is 1.13 bits per heavy atom. The van der Waals surface area contributed by atoms with Crippen molar-refractivity contribution in [2.45, 2.75) is 70.2 Å². The Balaban J connectivity index is 1.68. The molecule has 1 amide bonds. The standard InChI is InChI=1S/C29H35N3O5S/c1-6-20-12-14-23(15-13-20)38(35,36)31-25-24-16-22(17-30-27(24)37-29(4,5)26(25)33)28(34)32(7-2)18-21-11-9-8-10-19(21)3/h8-17,25-26,31,33H,6-7,18H2,1-5H3/t25-,26+/m1/s1. The lowest BCUT2D eigenvalue weighted by molar-refractivity contribution is -0.0632. The smallest absolute Gasteiger partial charge is 0.255 e. The van der Waals surface area contributed by atoms with Gasteiger partial charge in [0.15, 0.2) is 0 Å². The molecule has 0 spiro atoms. The maximum Gasteiger partial charge on any atom is 0.255 e. The molecule has 1 aliphatic heterocycles. The van der Waals surface area contributed by atoms with Crippen molar-refractivity contribution in [2.75, 3.05) is 6.54 Å². The number of benzene rings is 2. The molecule has 0 fully saturated rings. The number of hydrogen-bond donors (Lipinski definition) is 2. The van der Waals surface area contributed by atoms with Crippen LogP contribution in [0.4, 0.5) is 0 Å². The molecule has 38 heavy (non-hydrogen) atoms. The normalized spacial score (nSPS) is 18.4. The van der Waals surface area contributed by atoms with Crippen LogP contribution in [0.3, 0.4) is 0 Å². The monoisotopic (exact) mass is 537 g/mol. The Kier molecular flexibility index (Phi) is 7.92. The molecule has 0 aliphatic carbocycles. The van der Waals surface area contributed by atoms with Gasteiger partial charge in [0.05, 0.1) is 16.5 Å². The zero-order chi connectivity index (χ0) is 27.7. The Labute approximate surface area is 224 Å². The van der Waals surface area contributed by atoms with Gasteiger partial charge in [-0.3, -0.25) is 4.79 Å². The Bertz CT molecular complexity index is 1420. The van der Waals surface area contributed by atoms with E-state index in [1.165, 1.54) is 6.20 Å². The van der Waals surface area contributed by atoms with Gasteiger partial charge in [-0.05, 0) is 69.0 Å². The SMILES string of the molecule is CCc1ccc(S(=O)(=O)N[C@@H]2c3cc(C(=O)N(CC)Cc4ccccc4C)cnc3OC(C)(C)[C@H]2O)cc1. The van der Waals surface area contributed by atoms with E-state index in [9.17, 15) is 18.3 Å². The first-order valence-electron chi connectivity index (χ1n) is 12.8. The van der Waals surface area contributed by atoms with Crippen LogP contribution in [0.15, 0.2) is 65.7 Å². The minimum atomic E-state index is -4.00. The highest BCUT2D eigenvalue weighted by atomic mass is 32.2. The number of fused-ring (bicyclic) bond motifs is 1. The van der Waals surface area contributed by atoms with E-state index in [0.717, 1.165) is 23.1 Å². The summed E-state index contributed by atoms with van der Waals surface area (Å²) < 4.78 is 35.2. The van der Waals surface area contributed by atoms with Gasteiger partial charge < -0.3 is 14.7 Å². The second-order valence-corrected chi connectivity index (χ2v) is 11.8. The topological polar surface area (TPSA) is 109 Å². The van der Waals surface area contributed by atoms with Gasteiger partial charge in [-0.1, -0.05) is 43.3 Å². The minimum absolute atomic E-state index is 0.0864. The Hall–Kier alpha value is -3.27. The number of nitrogens with one attached hydrogen (secondary N) is 1. The van der Waals surface area contributed by atoms with E-state index < -0.39 is 27.8 Å². The molecule has 0 unspecified atom stereocenters. The van der Waals surface area contributed by atoms with E-state index in [0.29, 0.717) is 18.7 Å². The maximum atomic E-state index is 13.5. The van der Waals surface area contributed by atoms with E-state index in [-0.39, 0.29) is 22.2 Å². The van der Waals surface area contributed by atoms with Crippen LogP contribution in [0.5, 0.6) is 5.88 Å². The average Bonchev–Trinajstić information content (AvgIpc) is 2.90. The largest absolute Gasteiger partial charge is 0.469 e. The van der Waals surface area contributed by atoms with Crippen LogP contribution in [0.2, 0.25) is 0 Å². The van der Waals surface area contributed by atoms with Crippen LogP contribution in [-0.4, -0.2) is 47.6 Å². The molecule has 4 rings (SSSR count). The second-order valence-electron chi connectivity index (χ2n) is 10.1. The number of sulfonamides is 1. The zero-order valence-electron chi connectivity index (χ0n) is 22.4. The molecule has 2 atom stereocenters. The number of carbonyl (C=O) groups is 1. The molecule has 0 saturated carbocycles. The molecule has 1 aromatic heterocycles. The first-order chi connectivity index (χ1) is 18.0. The fraction of sp³-hybridized carbons (Fsp3) is 0.379. The molecule has 9 heteroatoms. The predicted molar refractivity (Wildman–Crippen MR) is 145 cm³/mol. The molecular formula is C29H35N3O5S. The first-order valence-corrected chi connectivity index (χ1v) is 14.3. The van der Waals surface area contributed by atoms with E-state index in [1.54, 1.807) is 49.1 Å². The summed E-state index contributed by atoms with van der Waals surface area (Å²) in [6.45, 7) is 10.1. The summed E-state index contributed by atoms with van der Waals surface area (Å²) in [5.74, 6) is -0.0741. The number of carbonyl (C=O) groups excluding carboxylic acids is 1. The van der Waals surface area contributed by atoms with Gasteiger partial charge in [-0.2, -0.15) is 0 Å². The summed E-state index contributed by atoms with van der Waals surface area (Å²) in [5.41, 5.74) is 2.61. The summed E-state index contributed by atoms with van der Waals surface area (Å²) >= 11 is 0. The number of aromatic nitrogens is 1. The lowest BCUT2D eigenvalue weighted by Gasteiger charge is -2.41. The maximum absolute atomic E-state index is 13.5. The van der Waals surface area contributed by atoms with Gasteiger partial charge >= 0.3 is 0 Å². The second kappa shape index (κ2) is 10.8. The number of ether oxygens (including phenoxy) is 1. The van der Waals surface area contributed by atoms with Crippen molar-refractivity contribution >= 4 is 15.9 Å². The fourth-order valence-corrected chi connectivity index (χ4v) is 5.77. The summed E-state index contributed by atoms with van der Waals surface area (Å²) in [5, 5.41) is 11.2. The van der Waals surface area contributed by atoms with Crippen molar-refractivity contribution in [1.82, 2.24) is 14.6 Å². The third-order valence-electron chi connectivity index (χ3n) is 7.06. The number of aryl methyl sites for hydroxylation is 2. The molecule has 0 radical (unpaired) electrons. The fourth-order valence-electron chi connectivity index (χ4n) is 4.55. The minimum Gasteiger partial charge on any atom is -0.469 e. The van der Waals surface area contributed by atoms with Crippen LogP contribution in [0, 0.1) is 6.92 Å². The van der Waals surface area contributed by atoms with Gasteiger partial charge in [-0.25, -0.2) is 18.1 Å². The number of aliphatic hydroxyl groups is 1. The van der Waals surface area contributed by atoms with Gasteiger partial charge in [-0.15, -0.1) is 0 Å². The van der Waals surface area contributed by atoms with Crippen LogP contribution in [0.25, 0.3) is 0 Å². The molecule has 3 aromatic rings. The molecule has 8 nitrogen and oxygen atoms in total. The lowest BCUT2D eigenvalue weighted by Crippen LogP contribution is -2.53. The van der Waals surface area contributed by atoms with E-state index in [2.05, 4.69) is 9.71 Å². The molecule has 2 heterocycles. The van der Waals surface area contributed by atoms with Crippen molar-refractivity contribution in [1.29, 1.82) is 0 Å². The van der Waals surface area contributed by atoms with Crippen molar-refractivity contribution in [2.24, 2.45) is 0 Å². The molecule has 202 valence electrons. The Morgan fingerprint density at radius 2 is 1.82 bits per heavy atom. The number of pyridine rings is 1. The predicted octanol–water partition coefficient (Wildman–Crippen LogP) is 4.17. The number of rotatable bonds is 8. The highest BCUT2D eigenvalue weighted by Crippen LogP contribution is 2.39. The number of nitrogens with zero attached hydrogens (tertiary/aromatic N) is 2. The first kappa shape index (κ1) is 27.8. The number of aliphatic hydroxyl groups excluding tert-OH is 1. The highest BCUT2D eigenvalue weighted by molar-refractivity contribution is 7.89. The van der Waals surface area contributed by atoms with Gasteiger partial charge in [0, 0.05) is 24.8 Å². The van der Waals surface area contributed by atoms with Crippen LogP contribution < -0.4 is 9.46 Å². The highest BCUT2D eigenvalue weighted by Gasteiger charge is 2.45. The summed E-state index contributed by atoms with van der Waals surface area (Å²) in [6.07, 6.45) is 0.987. The van der Waals surface area contributed by atoms with Crippen LogP contribution in [0.1, 0.15) is 66.3 Å². The zero-order valence-corrected chi connectivity index (χ0v) is 23.2. The van der Waals surface area contributed by atoms with Crippen molar-refractivity contribution in [3.05, 3.63) is 88.6 Å². The summed E-state index contributed by atoms with van der Waals surface area (Å²) in [4.78, 5) is 19.7. The van der Waals surface area contributed by atoms with Gasteiger partial charge in [0.1, 0.15) is 11.7 Å². The van der Waals surface area contributed by atoms with Crippen molar-refractivity contribution in [3.63, 3.8) is 0 Å². The van der Waals surface area contributed by atoms with E-state index >= 15 is 0 Å². The van der Waals surface area contributed by atoms with Crippen molar-refractivity contribution < 1.29 is 23.1 Å². The lowest BCUT2D eigenvalue weighted by atomic mass is 9.88. The third-order valence-corrected chi connectivity index (χ3v) is 8.52. The summed E-state index contributed by atoms with van der Waals surface area (Å²) in [7, 11) is -4.00.